The van der Waals surface area contributed by atoms with Crippen molar-refractivity contribution in [2.75, 3.05) is 31.6 Å². The Morgan fingerprint density at radius 3 is 1.76 bits per heavy atom. The minimum atomic E-state index is -1.41. The van der Waals surface area contributed by atoms with E-state index < -0.39 is 107 Å². The van der Waals surface area contributed by atoms with Crippen molar-refractivity contribution in [2.45, 2.75) is 113 Å². The van der Waals surface area contributed by atoms with E-state index in [1.165, 1.54) is 50.9 Å². The lowest BCUT2D eigenvalue weighted by atomic mass is 9.92. The van der Waals surface area contributed by atoms with Gasteiger partial charge in [-0.1, -0.05) is 84.9 Å². The molecule has 9 rings (SSSR count). The number of nitrogens with one attached hydrogen (secondary N) is 4. The third-order valence-corrected chi connectivity index (χ3v) is 17.2. The molecule has 5 aromatic rings. The summed E-state index contributed by atoms with van der Waals surface area (Å²) in [6.45, 7) is 0.213. The van der Waals surface area contributed by atoms with E-state index in [1.54, 1.807) is 67.0 Å². The van der Waals surface area contributed by atoms with Crippen LogP contribution < -0.4 is 32.7 Å². The summed E-state index contributed by atoms with van der Waals surface area (Å²) in [4.78, 5) is 154. The molecule has 0 saturated carbocycles. The maximum atomic E-state index is 15.4. The number of primary amides is 2. The van der Waals surface area contributed by atoms with Gasteiger partial charge in [0.25, 0.3) is 0 Å². The molecule has 0 radical (unpaired) electrons. The molecule has 4 aromatic carbocycles. The largest absolute Gasteiger partial charge is 0.508 e. The Morgan fingerprint density at radius 2 is 1.13 bits per heavy atom. The first-order valence-corrected chi connectivity index (χ1v) is 29.5. The molecular formula is C62H69N11O11S. The van der Waals surface area contributed by atoms with Gasteiger partial charge < -0.3 is 57.4 Å². The number of nitrogens with zero attached hydrogens (tertiary/aromatic N) is 5. The number of hydrogen-bond donors (Lipinski definition) is 7. The number of benzene rings is 4. The van der Waals surface area contributed by atoms with Gasteiger partial charge in [0, 0.05) is 82.5 Å². The molecule has 5 heterocycles. The molecule has 0 bridgehead atoms. The van der Waals surface area contributed by atoms with E-state index >= 15 is 24.0 Å². The van der Waals surface area contributed by atoms with Crippen molar-refractivity contribution in [2.24, 2.45) is 11.5 Å². The zero-order chi connectivity index (χ0) is 60.3. The molecule has 3 fully saturated rings. The number of carbonyl (C=O) groups excluding carboxylic acids is 10. The van der Waals surface area contributed by atoms with E-state index in [-0.39, 0.29) is 87.4 Å². The van der Waals surface area contributed by atoms with Gasteiger partial charge in [0.1, 0.15) is 54.1 Å². The molecule has 1 aromatic heterocycles. The summed E-state index contributed by atoms with van der Waals surface area (Å²) < 4.78 is 0. The van der Waals surface area contributed by atoms with E-state index in [0.717, 1.165) is 28.5 Å². The van der Waals surface area contributed by atoms with Gasteiger partial charge in [-0.05, 0) is 89.4 Å². The third-order valence-electron chi connectivity index (χ3n) is 16.2. The van der Waals surface area contributed by atoms with Gasteiger partial charge in [-0.2, -0.15) is 0 Å². The Balaban J connectivity index is 1.10. The second-order valence-electron chi connectivity index (χ2n) is 21.9. The van der Waals surface area contributed by atoms with Crippen LogP contribution in [0.15, 0.2) is 128 Å². The Hall–Kier alpha value is -9.12. The molecule has 3 saturated heterocycles. The predicted molar refractivity (Wildman–Crippen MR) is 313 cm³/mol. The number of rotatable bonds is 10. The fourth-order valence-electron chi connectivity index (χ4n) is 11.5. The Kier molecular flexibility index (Phi) is 19.6. The fourth-order valence-corrected chi connectivity index (χ4v) is 12.5. The highest BCUT2D eigenvalue weighted by molar-refractivity contribution is 8.00. The van der Waals surface area contributed by atoms with Crippen LogP contribution in [0.2, 0.25) is 0 Å². The number of aromatic hydroxyl groups is 1. The predicted octanol–water partition coefficient (Wildman–Crippen LogP) is 1.09. The van der Waals surface area contributed by atoms with Crippen LogP contribution in [0, 0.1) is 0 Å². The van der Waals surface area contributed by atoms with Crippen molar-refractivity contribution < 1.29 is 53.1 Å². The van der Waals surface area contributed by atoms with Crippen molar-refractivity contribution >= 4 is 70.8 Å². The molecule has 0 aliphatic carbocycles. The average Bonchev–Trinajstić information content (AvgIpc) is 3.61. The van der Waals surface area contributed by atoms with Crippen LogP contribution in [0.5, 0.6) is 5.75 Å². The van der Waals surface area contributed by atoms with Crippen LogP contribution in [0.4, 0.5) is 0 Å². The number of amides is 10. The number of likely N-dealkylation sites (N-methyl/N-ethyl adjacent to an activating group) is 1. The molecule has 22 nitrogen and oxygen atoms in total. The van der Waals surface area contributed by atoms with Crippen LogP contribution >= 0.6 is 11.8 Å². The zero-order valence-electron chi connectivity index (χ0n) is 47.0. The fraction of sp³-hybridized carbons (Fsp3) is 0.371. The number of nitrogens with two attached hydrogens (primary N) is 2. The summed E-state index contributed by atoms with van der Waals surface area (Å²) in [7, 11) is 1.47. The number of phenolic OH excluding ortho intramolecular Hbond substituents is 1. The monoisotopic (exact) mass is 1180 g/mol. The Labute approximate surface area is 495 Å². The Morgan fingerprint density at radius 1 is 0.576 bits per heavy atom. The summed E-state index contributed by atoms with van der Waals surface area (Å²) in [6.07, 6.45) is 4.04. The standard InChI is InChI=1S/C62H69N11O11S/c1-70-52(31-37-10-3-2-4-11-37)62(84)71-26-8-15-49(71)58(80)66-45(29-39-19-23-44(74)24-20-39)56(78)68-47(30-40-12-7-25-65-33-40)60(82)72-27-9-16-50(72)61(83)73-34-43-14-6-5-13-42(43)32-51(73)59(81)67-46(28-38-17-21-41(22-18-38)54(63)76)57(79)69-48(55(64)77)35-85-36-53(70)75/h2-7,10-14,17-25,33,45-52,74H,8-9,15-16,26-32,34-36H2,1H3,(H2,63,76)(H2,64,77)(H,66,80)(H,67,81)(H,68,78)(H,69,79)/t45-,46-,47-,48-,49-,50-,51-,52-/m0/s1. The summed E-state index contributed by atoms with van der Waals surface area (Å²) >= 11 is 0.972. The highest BCUT2D eigenvalue weighted by atomic mass is 32.2. The van der Waals surface area contributed by atoms with E-state index in [9.17, 15) is 29.1 Å². The molecule has 0 unspecified atom stereocenters. The molecule has 8 atom stereocenters. The molecule has 85 heavy (non-hydrogen) atoms. The van der Waals surface area contributed by atoms with Gasteiger partial charge in [0.2, 0.25) is 59.1 Å². The maximum absolute atomic E-state index is 15.4. The minimum absolute atomic E-state index is 0.0172. The van der Waals surface area contributed by atoms with Gasteiger partial charge in [-0.25, -0.2) is 0 Å². The molecule has 23 heteroatoms. The first-order valence-electron chi connectivity index (χ1n) is 28.3. The molecule has 0 spiro atoms. The number of thioether (sulfide) groups is 1. The van der Waals surface area contributed by atoms with Crippen molar-refractivity contribution in [1.82, 2.24) is 45.9 Å². The quantitative estimate of drug-likeness (QED) is 0.103. The van der Waals surface area contributed by atoms with Crippen LogP contribution in [-0.4, -0.2) is 169 Å². The van der Waals surface area contributed by atoms with Gasteiger partial charge in [0.15, 0.2) is 0 Å². The van der Waals surface area contributed by atoms with Crippen molar-refractivity contribution in [3.05, 3.63) is 167 Å². The van der Waals surface area contributed by atoms with E-state index in [4.69, 9.17) is 11.5 Å². The van der Waals surface area contributed by atoms with Crippen LogP contribution in [-0.2, 0) is 81.8 Å². The van der Waals surface area contributed by atoms with Gasteiger partial charge >= 0.3 is 0 Å². The maximum Gasteiger partial charge on any atom is 0.248 e. The topological polar surface area (TPSA) is 317 Å². The summed E-state index contributed by atoms with van der Waals surface area (Å²) in [5, 5.41) is 21.5. The Bertz CT molecular complexity index is 3300. The van der Waals surface area contributed by atoms with Crippen LogP contribution in [0.25, 0.3) is 0 Å². The highest BCUT2D eigenvalue weighted by Gasteiger charge is 2.46. The van der Waals surface area contributed by atoms with Crippen molar-refractivity contribution in [3.8, 4) is 5.75 Å². The highest BCUT2D eigenvalue weighted by Crippen LogP contribution is 2.30. The molecule has 4 aliphatic rings. The van der Waals surface area contributed by atoms with E-state index in [1.807, 2.05) is 36.4 Å². The third kappa shape index (κ3) is 14.8. The van der Waals surface area contributed by atoms with Crippen molar-refractivity contribution in [1.29, 1.82) is 0 Å². The number of fused-ring (bicyclic) bond motifs is 4. The number of aromatic nitrogens is 1. The summed E-state index contributed by atoms with van der Waals surface area (Å²) in [5.41, 5.74) is 15.5. The zero-order valence-corrected chi connectivity index (χ0v) is 47.8. The normalized spacial score (nSPS) is 24.2. The van der Waals surface area contributed by atoms with Gasteiger partial charge in [-0.15, -0.1) is 11.8 Å². The lowest BCUT2D eigenvalue weighted by Crippen LogP contribution is -2.62. The number of hydrogen-bond acceptors (Lipinski definition) is 13. The van der Waals surface area contributed by atoms with Crippen molar-refractivity contribution in [3.63, 3.8) is 0 Å². The first kappa shape index (κ1) is 60.5. The van der Waals surface area contributed by atoms with Gasteiger partial charge in [-0.3, -0.25) is 52.9 Å². The smallest absolute Gasteiger partial charge is 0.248 e. The second kappa shape index (κ2) is 27.5. The van der Waals surface area contributed by atoms with E-state index in [0.29, 0.717) is 29.5 Å². The van der Waals surface area contributed by atoms with Crippen LogP contribution in [0.3, 0.4) is 0 Å². The van der Waals surface area contributed by atoms with Crippen LogP contribution in [0.1, 0.15) is 69.4 Å². The van der Waals surface area contributed by atoms with E-state index in [2.05, 4.69) is 26.3 Å². The molecule has 444 valence electrons. The summed E-state index contributed by atoms with van der Waals surface area (Å²) in [5.74, 6) is -7.36. The second-order valence-corrected chi connectivity index (χ2v) is 22.9. The SMILES string of the molecule is CN1C(=O)CSC[C@@H](C(N)=O)NC(=O)[C@H](Cc2ccc(C(N)=O)cc2)NC(=O)[C@@H]2Cc3ccccc3CN2C(=O)[C@@H]2CCCN2C(=O)[C@H](Cc2cccnc2)NC(=O)[C@H](Cc2ccc(O)cc2)NC(=O)[C@@H]2CCCN2C(=O)[C@@H]1Cc1ccccc1. The first-order chi connectivity index (χ1) is 40.9. The number of carbonyl (C=O) groups is 10. The number of pyridine rings is 1. The minimum Gasteiger partial charge on any atom is -0.508 e. The lowest BCUT2D eigenvalue weighted by Gasteiger charge is -2.40. The van der Waals surface area contributed by atoms with Gasteiger partial charge in [0.05, 0.1) is 5.75 Å². The molecule has 10 amide bonds. The number of phenols is 1. The lowest BCUT2D eigenvalue weighted by molar-refractivity contribution is -0.150. The molecular weight excluding hydrogens is 1110 g/mol. The molecule has 9 N–H and O–H groups in total. The summed E-state index contributed by atoms with van der Waals surface area (Å²) in [6, 6.07) is 21.8. The molecule has 4 aliphatic heterocycles. The average molecular weight is 1180 g/mol.